The summed E-state index contributed by atoms with van der Waals surface area (Å²) >= 11 is 5.67. The molecule has 0 spiro atoms. The van der Waals surface area contributed by atoms with Crippen molar-refractivity contribution >= 4 is 33.2 Å². The highest BCUT2D eigenvalue weighted by Crippen LogP contribution is 2.24. The first-order valence-corrected chi connectivity index (χ1v) is 8.97. The number of hydrogen-bond acceptors (Lipinski definition) is 3. The van der Waals surface area contributed by atoms with Gasteiger partial charge in [-0.05, 0) is 31.0 Å². The largest absolute Gasteiger partial charge is 0.352 e. The Morgan fingerprint density at radius 2 is 1.95 bits per heavy atom. The molecule has 124 valence electrons. The second kappa shape index (κ2) is 7.28. The zero-order valence-corrected chi connectivity index (χ0v) is 14.5. The first-order valence-electron chi connectivity index (χ1n) is 6.74. The molecule has 1 atom stereocenters. The Kier molecular flexibility index (Phi) is 6.19. The number of benzene rings is 1. The Labute approximate surface area is 135 Å². The zero-order chi connectivity index (χ0) is 17.1. The van der Waals surface area contributed by atoms with E-state index in [1.807, 2.05) is 20.8 Å². The average Bonchev–Trinajstić information content (AvgIpc) is 2.38. The monoisotopic (exact) mass is 350 g/mol. The fraction of sp³-hybridized carbons (Fsp3) is 0.500. The lowest BCUT2D eigenvalue weighted by Gasteiger charge is -2.24. The molecular weight excluding hydrogens is 331 g/mol. The van der Waals surface area contributed by atoms with Gasteiger partial charge in [0.05, 0.1) is 17.0 Å². The van der Waals surface area contributed by atoms with E-state index in [9.17, 15) is 17.6 Å². The Morgan fingerprint density at radius 1 is 1.36 bits per heavy atom. The molecule has 1 N–H and O–H groups in total. The maximum Gasteiger partial charge on any atom is 0.240 e. The van der Waals surface area contributed by atoms with Gasteiger partial charge in [-0.15, -0.1) is 0 Å². The molecule has 0 saturated carbocycles. The van der Waals surface area contributed by atoms with E-state index in [0.717, 1.165) is 16.6 Å². The van der Waals surface area contributed by atoms with E-state index in [2.05, 4.69) is 5.32 Å². The first kappa shape index (κ1) is 18.7. The molecule has 1 aromatic rings. The van der Waals surface area contributed by atoms with Crippen LogP contribution in [0.1, 0.15) is 20.8 Å². The molecule has 0 heterocycles. The summed E-state index contributed by atoms with van der Waals surface area (Å²) in [5.74, 6) is -0.875. The summed E-state index contributed by atoms with van der Waals surface area (Å²) < 4.78 is 37.9. The highest BCUT2D eigenvalue weighted by Gasteiger charge is 2.22. The highest BCUT2D eigenvalue weighted by atomic mass is 35.5. The fourth-order valence-corrected chi connectivity index (χ4v) is 2.66. The van der Waals surface area contributed by atoms with Gasteiger partial charge in [-0.3, -0.25) is 9.10 Å². The Hall–Kier alpha value is -1.34. The van der Waals surface area contributed by atoms with E-state index in [4.69, 9.17) is 11.6 Å². The van der Waals surface area contributed by atoms with Crippen LogP contribution in [0.15, 0.2) is 18.2 Å². The molecule has 8 heteroatoms. The van der Waals surface area contributed by atoms with Crippen molar-refractivity contribution in [2.75, 3.05) is 17.1 Å². The van der Waals surface area contributed by atoms with Crippen LogP contribution in [0.4, 0.5) is 10.1 Å². The molecule has 22 heavy (non-hydrogen) atoms. The number of carbonyl (C=O) groups excluding carboxylic acids is 1. The van der Waals surface area contributed by atoms with Crippen LogP contribution in [-0.4, -0.2) is 33.2 Å². The molecule has 5 nitrogen and oxygen atoms in total. The number of carbonyl (C=O) groups is 1. The third-order valence-electron chi connectivity index (χ3n) is 3.27. The van der Waals surface area contributed by atoms with Crippen molar-refractivity contribution in [2.24, 2.45) is 5.92 Å². The number of halogens is 2. The maximum atomic E-state index is 13.2. The minimum Gasteiger partial charge on any atom is -0.352 e. The van der Waals surface area contributed by atoms with Gasteiger partial charge in [0.15, 0.2) is 0 Å². The summed E-state index contributed by atoms with van der Waals surface area (Å²) in [7, 11) is -3.71. The molecule has 1 amide bonds. The summed E-state index contributed by atoms with van der Waals surface area (Å²) in [6, 6.07) is 3.41. The van der Waals surface area contributed by atoms with Gasteiger partial charge in [0.2, 0.25) is 15.9 Å². The molecule has 1 aromatic carbocycles. The lowest BCUT2D eigenvalue weighted by atomic mass is 10.1. The van der Waals surface area contributed by atoms with Gasteiger partial charge in [-0.25, -0.2) is 12.8 Å². The minimum atomic E-state index is -3.71. The lowest BCUT2D eigenvalue weighted by molar-refractivity contribution is -0.120. The van der Waals surface area contributed by atoms with E-state index in [1.165, 1.54) is 12.1 Å². The van der Waals surface area contributed by atoms with Gasteiger partial charge in [0, 0.05) is 6.04 Å². The fourth-order valence-electron chi connectivity index (χ4n) is 1.64. The van der Waals surface area contributed by atoms with Crippen molar-refractivity contribution in [1.29, 1.82) is 0 Å². The van der Waals surface area contributed by atoms with Crippen molar-refractivity contribution < 1.29 is 17.6 Å². The molecule has 0 aliphatic carbocycles. The van der Waals surface area contributed by atoms with E-state index in [-0.39, 0.29) is 22.7 Å². The second-order valence-corrected chi connectivity index (χ2v) is 7.78. The van der Waals surface area contributed by atoms with Gasteiger partial charge in [0.1, 0.15) is 12.4 Å². The topological polar surface area (TPSA) is 66.5 Å². The van der Waals surface area contributed by atoms with Gasteiger partial charge >= 0.3 is 0 Å². The molecule has 0 aromatic heterocycles. The van der Waals surface area contributed by atoms with Gasteiger partial charge in [0.25, 0.3) is 0 Å². The van der Waals surface area contributed by atoms with Gasteiger partial charge in [-0.1, -0.05) is 25.4 Å². The number of nitrogens with zero attached hydrogens (tertiary/aromatic N) is 1. The van der Waals surface area contributed by atoms with Crippen molar-refractivity contribution in [3.8, 4) is 0 Å². The predicted octanol–water partition coefficient (Wildman–Crippen LogP) is 2.41. The standard InChI is InChI=1S/C14H20ClFN2O3S/c1-9(2)10(3)17-14(19)8-18(22(4,20)21)11-5-6-13(16)12(15)7-11/h5-7,9-10H,8H2,1-4H3,(H,17,19)/t10-/m1/s1. The van der Waals surface area contributed by atoms with Crippen LogP contribution in [0.25, 0.3) is 0 Å². The Morgan fingerprint density at radius 3 is 2.41 bits per heavy atom. The molecule has 0 aliphatic rings. The number of nitrogens with one attached hydrogen (secondary N) is 1. The molecule has 1 rings (SSSR count). The Bertz CT molecular complexity index is 649. The van der Waals surface area contributed by atoms with Crippen LogP contribution in [0.5, 0.6) is 0 Å². The van der Waals surface area contributed by atoms with Crippen LogP contribution in [0.3, 0.4) is 0 Å². The van der Waals surface area contributed by atoms with Crippen molar-refractivity contribution in [1.82, 2.24) is 5.32 Å². The van der Waals surface area contributed by atoms with Crippen molar-refractivity contribution in [3.63, 3.8) is 0 Å². The number of hydrogen-bond donors (Lipinski definition) is 1. The van der Waals surface area contributed by atoms with Crippen molar-refractivity contribution in [2.45, 2.75) is 26.8 Å². The van der Waals surface area contributed by atoms with E-state index >= 15 is 0 Å². The lowest BCUT2D eigenvalue weighted by Crippen LogP contribution is -2.44. The number of rotatable bonds is 6. The van der Waals surface area contributed by atoms with Crippen molar-refractivity contribution in [3.05, 3.63) is 29.0 Å². The predicted molar refractivity (Wildman–Crippen MR) is 86.0 cm³/mol. The first-order chi connectivity index (χ1) is 10.0. The average molecular weight is 351 g/mol. The summed E-state index contributed by atoms with van der Waals surface area (Å²) in [6.45, 7) is 5.33. The molecule has 0 radical (unpaired) electrons. The minimum absolute atomic E-state index is 0.0919. The van der Waals surface area contributed by atoms with E-state index in [1.54, 1.807) is 0 Å². The van der Waals surface area contributed by atoms with Crippen LogP contribution >= 0.6 is 11.6 Å². The highest BCUT2D eigenvalue weighted by molar-refractivity contribution is 7.92. The molecule has 0 fully saturated rings. The van der Waals surface area contributed by atoms with E-state index in [0.29, 0.717) is 0 Å². The second-order valence-electron chi connectivity index (χ2n) is 5.47. The SMILES string of the molecule is CC(C)[C@@H](C)NC(=O)CN(c1ccc(F)c(Cl)c1)S(C)(=O)=O. The van der Waals surface area contributed by atoms with Crippen LogP contribution in [0, 0.1) is 11.7 Å². The summed E-state index contributed by atoms with van der Waals surface area (Å²) in [6.07, 6.45) is 0.976. The number of anilines is 1. The molecular formula is C14H20ClFN2O3S. The van der Waals surface area contributed by atoms with E-state index < -0.39 is 28.3 Å². The van der Waals surface area contributed by atoms with Crippen LogP contribution in [-0.2, 0) is 14.8 Å². The van der Waals surface area contributed by atoms with Gasteiger partial charge in [-0.2, -0.15) is 0 Å². The van der Waals surface area contributed by atoms with Crippen LogP contribution < -0.4 is 9.62 Å². The molecule has 0 aliphatic heterocycles. The summed E-state index contributed by atoms with van der Waals surface area (Å²) in [5, 5.41) is 2.52. The molecule has 0 bridgehead atoms. The Balaban J connectivity index is 3.00. The van der Waals surface area contributed by atoms with Crippen LogP contribution in [0.2, 0.25) is 5.02 Å². The zero-order valence-electron chi connectivity index (χ0n) is 12.9. The summed E-state index contributed by atoms with van der Waals surface area (Å²) in [4.78, 5) is 12.0. The quantitative estimate of drug-likeness (QED) is 0.856. The molecule has 0 saturated heterocycles. The number of sulfonamides is 1. The number of amides is 1. The normalized spacial score (nSPS) is 13.0. The smallest absolute Gasteiger partial charge is 0.240 e. The molecule has 0 unspecified atom stereocenters. The third-order valence-corrected chi connectivity index (χ3v) is 4.70. The third kappa shape index (κ3) is 5.14. The van der Waals surface area contributed by atoms with Gasteiger partial charge < -0.3 is 5.32 Å². The maximum absolute atomic E-state index is 13.2. The summed E-state index contributed by atoms with van der Waals surface area (Å²) in [5.41, 5.74) is 0.140.